The summed E-state index contributed by atoms with van der Waals surface area (Å²) in [6.45, 7) is 10.4. The van der Waals surface area contributed by atoms with Crippen LogP contribution in [-0.2, 0) is 52.3 Å². The molecule has 0 aromatic carbocycles. The summed E-state index contributed by atoms with van der Waals surface area (Å²) in [4.78, 5) is 49.2. The molecule has 11 N–H and O–H groups in total. The van der Waals surface area contributed by atoms with Gasteiger partial charge in [0.2, 0.25) is 5.91 Å². The van der Waals surface area contributed by atoms with Crippen molar-refractivity contribution in [2.24, 2.45) is 40.4 Å². The van der Waals surface area contributed by atoms with Crippen LogP contribution in [0.4, 0.5) is 5.82 Å². The van der Waals surface area contributed by atoms with E-state index in [9.17, 15) is 55.2 Å². The standard InChI is InChI=1S/C61H92N6O19S/c1-29-52(79-17-8-6-7-9-45(72)66-38(58(76)77)14-18-87-26-43-50(74)51(75)57(84-43)67-28-65-49-55(62)63-27-64-56(49)67)40(69)23-47(82-29)86-54-31(3)83-48(24-41(54)70)85-53-30(2)81-42(22-39(53)68)32-12-15-59(4)34(19-32)10-11-36-37(59)21-44(71)60(5)35(13-16-61(36,60)78)33-20-46(73)80-25-33/h20,27-32,34-44,47-48,50-54,57,68-71,74-75,78H,6-19,21-26H2,1-5H3,(H,66,72)(H,76,77)(H2,62,63,64)/t29-,30-,31-,32-,34-,35-,36?,37+,38-,39+,40+,41+,42-,43+,44-,47?,48?,50+,51+,52-,53-,54-,57+,59+,60+,61+/m1/s1. The van der Waals surface area contributed by atoms with Crippen LogP contribution in [-0.4, -0.2) is 213 Å². The SMILES string of the molecule is C[C@H]1OC(O[C@H]2[C@@H](O)CC(O[C@H]3[C@@H](O)C[C@H]([C@@H]4CC[C@@]5(C)[C@H](CCC6[C@@H]5C[C@@H](O)[C@]5(C)[C@@H](C7=CC(=O)OC7)CC[C@]65O)C4)O[C@@H]3C)O[C@@H]2C)C[C@H](O)[C@@H]1OCCCCCC(=O)N[C@H](CCSC[C@@H]1O[C@H](n2cnc3c(N)ncnc32)[C@@H](O)[C@H]1O)C(=O)O. The highest BCUT2D eigenvalue weighted by Gasteiger charge is 2.71. The van der Waals surface area contributed by atoms with E-state index < -0.39 is 127 Å². The minimum atomic E-state index is -1.28. The predicted octanol–water partition coefficient (Wildman–Crippen LogP) is 2.81. The number of rotatable bonds is 21. The molecule has 3 unspecified atom stereocenters. The lowest BCUT2D eigenvalue weighted by atomic mass is 9.42. The van der Waals surface area contributed by atoms with Gasteiger partial charge in [0.1, 0.15) is 55.0 Å². The van der Waals surface area contributed by atoms with E-state index in [1.54, 1.807) is 19.9 Å². The number of carboxylic acids is 1. The molecule has 26 atom stereocenters. The molecule has 8 fully saturated rings. The Hall–Kier alpha value is -3.71. The van der Waals surface area contributed by atoms with Crippen molar-refractivity contribution in [1.29, 1.82) is 0 Å². The molecular weight excluding hydrogens is 1150 g/mol. The molecule has 87 heavy (non-hydrogen) atoms. The van der Waals surface area contributed by atoms with Crippen molar-refractivity contribution in [2.75, 3.05) is 30.5 Å². The van der Waals surface area contributed by atoms with Crippen molar-refractivity contribution >= 4 is 46.6 Å². The normalized spacial score (nSPS) is 44.1. The number of cyclic esters (lactones) is 1. The number of imidazole rings is 1. The van der Waals surface area contributed by atoms with Crippen LogP contribution in [0.15, 0.2) is 24.3 Å². The zero-order chi connectivity index (χ0) is 61.9. The number of aliphatic hydroxyl groups is 7. The van der Waals surface area contributed by atoms with Crippen LogP contribution < -0.4 is 11.1 Å². The number of thioether (sulfide) groups is 1. The number of carboxylic acid groups (broad SMARTS) is 1. The number of esters is 1. The van der Waals surface area contributed by atoms with Gasteiger partial charge in [-0.2, -0.15) is 11.8 Å². The number of carbonyl (C=O) groups is 3. The molecule has 2 aromatic heterocycles. The lowest BCUT2D eigenvalue weighted by molar-refractivity contribution is -0.329. The number of anilines is 1. The van der Waals surface area contributed by atoms with E-state index >= 15 is 0 Å². The molecule has 11 rings (SSSR count). The smallest absolute Gasteiger partial charge is 0.331 e. The van der Waals surface area contributed by atoms with Gasteiger partial charge in [0.05, 0.1) is 66.9 Å². The van der Waals surface area contributed by atoms with Crippen LogP contribution in [0.3, 0.4) is 0 Å². The molecule has 7 heterocycles. The Morgan fingerprint density at radius 2 is 1.52 bits per heavy atom. The Morgan fingerprint density at radius 3 is 2.20 bits per heavy atom. The topological polar surface area (TPSA) is 369 Å². The lowest BCUT2D eigenvalue weighted by Gasteiger charge is -2.65. The third kappa shape index (κ3) is 12.7. The first-order valence-electron chi connectivity index (χ1n) is 31.7. The molecule has 26 heteroatoms. The second-order valence-electron chi connectivity index (χ2n) is 27.0. The average Bonchev–Trinajstić information content (AvgIpc) is 1.65. The number of nitrogens with two attached hydrogens (primary N) is 1. The summed E-state index contributed by atoms with van der Waals surface area (Å²) in [7, 11) is 0. The van der Waals surface area contributed by atoms with Crippen LogP contribution in [0.2, 0.25) is 0 Å². The van der Waals surface area contributed by atoms with Gasteiger partial charge in [-0.3, -0.25) is 9.36 Å². The maximum atomic E-state index is 12.8. The van der Waals surface area contributed by atoms with Crippen molar-refractivity contribution in [1.82, 2.24) is 24.8 Å². The second-order valence-corrected chi connectivity index (χ2v) is 28.2. The number of aliphatic hydroxyl groups excluding tert-OH is 6. The van der Waals surface area contributed by atoms with E-state index in [-0.39, 0.29) is 91.6 Å². The molecule has 2 aromatic rings. The first-order valence-corrected chi connectivity index (χ1v) is 32.9. The molecule has 486 valence electrons. The van der Waals surface area contributed by atoms with E-state index in [1.165, 1.54) is 29.0 Å². The Labute approximate surface area is 511 Å². The zero-order valence-corrected chi connectivity index (χ0v) is 51.3. The van der Waals surface area contributed by atoms with Gasteiger partial charge in [-0.25, -0.2) is 24.5 Å². The fourth-order valence-corrected chi connectivity index (χ4v) is 18.3. The number of fused-ring (bicyclic) bond motifs is 6. The highest BCUT2D eigenvalue weighted by molar-refractivity contribution is 7.99. The summed E-state index contributed by atoms with van der Waals surface area (Å²) in [5, 5.41) is 92.9. The van der Waals surface area contributed by atoms with Gasteiger partial charge in [0, 0.05) is 49.5 Å². The number of aliphatic carboxylic acids is 1. The highest BCUT2D eigenvalue weighted by atomic mass is 32.2. The van der Waals surface area contributed by atoms with Crippen molar-refractivity contribution in [3.05, 3.63) is 24.3 Å². The predicted molar refractivity (Wildman–Crippen MR) is 311 cm³/mol. The summed E-state index contributed by atoms with van der Waals surface area (Å²) in [5.74, 6) is -0.429. The van der Waals surface area contributed by atoms with E-state index in [2.05, 4.69) is 27.2 Å². The molecular formula is C61H92N6O19S. The summed E-state index contributed by atoms with van der Waals surface area (Å²) < 4.78 is 50.6. The minimum Gasteiger partial charge on any atom is -0.480 e. The third-order valence-electron chi connectivity index (χ3n) is 22.1. The van der Waals surface area contributed by atoms with Gasteiger partial charge in [-0.15, -0.1) is 0 Å². The fourth-order valence-electron chi connectivity index (χ4n) is 17.2. The van der Waals surface area contributed by atoms with E-state index in [4.69, 9.17) is 43.6 Å². The number of nitrogens with zero attached hydrogens (tertiary/aromatic N) is 4. The number of aromatic nitrogens is 4. The lowest BCUT2D eigenvalue weighted by Crippen LogP contribution is -2.67. The Bertz CT molecular complexity index is 2750. The van der Waals surface area contributed by atoms with Crippen molar-refractivity contribution in [3.8, 4) is 0 Å². The monoisotopic (exact) mass is 1240 g/mol. The molecule has 9 aliphatic rings. The van der Waals surface area contributed by atoms with Gasteiger partial charge in [0.25, 0.3) is 0 Å². The number of carbonyl (C=O) groups excluding carboxylic acids is 2. The van der Waals surface area contributed by atoms with Crippen molar-refractivity contribution in [2.45, 2.75) is 253 Å². The van der Waals surface area contributed by atoms with Gasteiger partial charge in [-0.1, -0.05) is 20.3 Å². The zero-order valence-electron chi connectivity index (χ0n) is 50.5. The third-order valence-corrected chi connectivity index (χ3v) is 23.2. The largest absolute Gasteiger partial charge is 0.480 e. The minimum absolute atomic E-state index is 0.0593. The van der Waals surface area contributed by atoms with E-state index in [1.807, 2.05) is 13.8 Å². The Kier molecular flexibility index (Phi) is 19.7. The van der Waals surface area contributed by atoms with Crippen molar-refractivity contribution in [3.63, 3.8) is 0 Å². The fraction of sp³-hybridized carbons (Fsp3) is 0.836. The number of unbranched alkanes of at least 4 members (excludes halogenated alkanes) is 2. The van der Waals surface area contributed by atoms with Crippen LogP contribution in [0.5, 0.6) is 0 Å². The summed E-state index contributed by atoms with van der Waals surface area (Å²) in [6, 6.07) is -1.12. The van der Waals surface area contributed by atoms with Crippen LogP contribution in [0.1, 0.15) is 144 Å². The maximum absolute atomic E-state index is 12.8. The number of hydrogen-bond donors (Lipinski definition) is 10. The van der Waals surface area contributed by atoms with E-state index in [0.29, 0.717) is 61.4 Å². The summed E-state index contributed by atoms with van der Waals surface area (Å²) in [5.41, 5.74) is 5.60. The number of nitrogens with one attached hydrogen (secondary N) is 1. The van der Waals surface area contributed by atoms with Crippen LogP contribution in [0.25, 0.3) is 11.2 Å². The number of hydrogen-bond acceptors (Lipinski definition) is 23. The van der Waals surface area contributed by atoms with Crippen LogP contribution in [0, 0.1) is 40.4 Å². The van der Waals surface area contributed by atoms with E-state index in [0.717, 1.165) is 44.1 Å². The Balaban J connectivity index is 0.560. The molecule has 4 saturated heterocycles. The molecule has 25 nitrogen and oxygen atoms in total. The van der Waals surface area contributed by atoms with Gasteiger partial charge in [0.15, 0.2) is 30.3 Å². The summed E-state index contributed by atoms with van der Waals surface area (Å²) in [6.07, 6.45) is -0.0561. The van der Waals surface area contributed by atoms with Gasteiger partial charge < -0.3 is 89.8 Å². The maximum Gasteiger partial charge on any atom is 0.331 e. The number of amides is 1. The van der Waals surface area contributed by atoms with Crippen LogP contribution >= 0.6 is 11.8 Å². The first-order chi connectivity index (χ1) is 41.5. The number of ether oxygens (including phenoxy) is 8. The molecule has 5 aliphatic heterocycles. The van der Waals surface area contributed by atoms with Gasteiger partial charge >= 0.3 is 11.9 Å². The molecule has 4 saturated carbocycles. The molecule has 4 aliphatic carbocycles. The quantitative estimate of drug-likeness (QED) is 0.0634. The number of nitrogen functional groups attached to an aromatic ring is 1. The molecule has 0 spiro atoms. The average molecular weight is 1250 g/mol. The van der Waals surface area contributed by atoms with Crippen molar-refractivity contribution < 1.29 is 93.1 Å². The second kappa shape index (κ2) is 26.5. The highest BCUT2D eigenvalue weighted by Crippen LogP contribution is 2.70. The first kappa shape index (κ1) is 64.8. The Morgan fingerprint density at radius 1 is 0.816 bits per heavy atom. The van der Waals surface area contributed by atoms with Gasteiger partial charge in [-0.05, 0) is 138 Å². The molecule has 0 bridgehead atoms. The molecule has 1 amide bonds. The summed E-state index contributed by atoms with van der Waals surface area (Å²) >= 11 is 1.32. The molecule has 0 radical (unpaired) electrons.